The molecule has 2 aliphatic rings. The second kappa shape index (κ2) is 4.69. The van der Waals surface area contributed by atoms with Crippen molar-refractivity contribution >= 4 is 16.7 Å². The van der Waals surface area contributed by atoms with Gasteiger partial charge >= 0.3 is 0 Å². The lowest BCUT2D eigenvalue weighted by atomic mass is 10.1. The van der Waals surface area contributed by atoms with Crippen LogP contribution in [0.4, 0.5) is 0 Å². The van der Waals surface area contributed by atoms with E-state index in [0.29, 0.717) is 0 Å². The van der Waals surface area contributed by atoms with Crippen LogP contribution in [0.3, 0.4) is 0 Å². The summed E-state index contributed by atoms with van der Waals surface area (Å²) in [5.41, 5.74) is -0.0789. The minimum absolute atomic E-state index is 0.0338. The lowest BCUT2D eigenvalue weighted by Crippen LogP contribution is -2.50. The lowest BCUT2D eigenvalue weighted by Gasteiger charge is -2.34. The van der Waals surface area contributed by atoms with Crippen LogP contribution in [-0.2, 0) is 15.6 Å². The molecule has 0 aromatic carbocycles. The first-order chi connectivity index (χ1) is 7.89. The Hall–Kier alpha value is -0.420. The van der Waals surface area contributed by atoms with Gasteiger partial charge in [0.25, 0.3) is 0 Å². The molecule has 2 rings (SSSR count). The summed E-state index contributed by atoms with van der Waals surface area (Å²) in [7, 11) is -0.665. The molecule has 2 saturated heterocycles. The van der Waals surface area contributed by atoms with Crippen LogP contribution in [0, 0.1) is 0 Å². The first-order valence-corrected chi connectivity index (χ1v) is 7.79. The highest BCUT2D eigenvalue weighted by Gasteiger charge is 2.41. The minimum atomic E-state index is -0.665. The summed E-state index contributed by atoms with van der Waals surface area (Å²) in [6.07, 6.45) is 0.919. The summed E-state index contributed by atoms with van der Waals surface area (Å²) in [6, 6.07) is 0.0338. The van der Waals surface area contributed by atoms with Crippen molar-refractivity contribution in [3.05, 3.63) is 0 Å². The zero-order valence-electron chi connectivity index (χ0n) is 10.9. The van der Waals surface area contributed by atoms with E-state index in [0.717, 1.165) is 37.6 Å². The lowest BCUT2D eigenvalue weighted by molar-refractivity contribution is -0.135. The zero-order valence-corrected chi connectivity index (χ0v) is 11.8. The van der Waals surface area contributed by atoms with E-state index < -0.39 is 10.8 Å². The molecule has 0 aliphatic carbocycles. The Labute approximate surface area is 106 Å². The van der Waals surface area contributed by atoms with Gasteiger partial charge in [-0.2, -0.15) is 0 Å². The maximum Gasteiger partial charge on any atom is 0.240 e. The molecule has 1 unspecified atom stereocenters. The van der Waals surface area contributed by atoms with Crippen LogP contribution in [-0.4, -0.2) is 62.6 Å². The molecule has 2 heterocycles. The van der Waals surface area contributed by atoms with Crippen molar-refractivity contribution in [2.24, 2.45) is 0 Å². The van der Waals surface area contributed by atoms with Gasteiger partial charge in [0.1, 0.15) is 0 Å². The number of nitrogens with zero attached hydrogens (tertiary/aromatic N) is 2. The van der Waals surface area contributed by atoms with Gasteiger partial charge in [0.15, 0.2) is 0 Å². The Morgan fingerprint density at radius 3 is 2.24 bits per heavy atom. The fraction of sp³-hybridized carbons (Fsp3) is 0.917. The molecule has 4 nitrogen and oxygen atoms in total. The van der Waals surface area contributed by atoms with Crippen molar-refractivity contribution < 1.29 is 9.00 Å². The molecule has 98 valence electrons. The van der Waals surface area contributed by atoms with Gasteiger partial charge in [-0.1, -0.05) is 0 Å². The molecule has 2 aliphatic heterocycles. The predicted molar refractivity (Wildman–Crippen MR) is 69.3 cm³/mol. The van der Waals surface area contributed by atoms with E-state index >= 15 is 0 Å². The molecule has 0 N–H and O–H groups in total. The highest BCUT2D eigenvalue weighted by atomic mass is 32.2. The quantitative estimate of drug-likeness (QED) is 0.686. The van der Waals surface area contributed by atoms with E-state index in [1.54, 1.807) is 0 Å². The predicted octanol–water partition coefficient (Wildman–Crippen LogP) is 0.450. The minimum Gasteiger partial charge on any atom is -0.336 e. The van der Waals surface area contributed by atoms with E-state index in [2.05, 4.69) is 25.7 Å². The number of amides is 1. The summed E-state index contributed by atoms with van der Waals surface area (Å²) >= 11 is 0. The second-order valence-electron chi connectivity index (χ2n) is 5.85. The molecule has 0 aromatic rings. The van der Waals surface area contributed by atoms with E-state index in [1.807, 2.05) is 4.90 Å². The number of hydrogen-bond acceptors (Lipinski definition) is 3. The smallest absolute Gasteiger partial charge is 0.240 e. The number of carbonyl (C=O) groups is 1. The van der Waals surface area contributed by atoms with Crippen LogP contribution in [0.2, 0.25) is 0 Å². The molecule has 1 amide bonds. The molecule has 17 heavy (non-hydrogen) atoms. The SMILES string of the molecule is CC(C)(C)N1CCC(N2CCS(=O)CC2)C1=O. The third-order valence-corrected chi connectivity index (χ3v) is 4.92. The molecular weight excluding hydrogens is 236 g/mol. The van der Waals surface area contributed by atoms with Crippen molar-refractivity contribution in [2.45, 2.75) is 38.8 Å². The fourth-order valence-corrected chi connectivity index (χ4v) is 3.71. The van der Waals surface area contributed by atoms with Crippen LogP contribution in [0.25, 0.3) is 0 Å². The van der Waals surface area contributed by atoms with Crippen LogP contribution >= 0.6 is 0 Å². The summed E-state index contributed by atoms with van der Waals surface area (Å²) in [5, 5.41) is 0. The summed E-state index contributed by atoms with van der Waals surface area (Å²) in [5.74, 6) is 1.70. The summed E-state index contributed by atoms with van der Waals surface area (Å²) < 4.78 is 11.3. The van der Waals surface area contributed by atoms with Gasteiger partial charge in [-0.3, -0.25) is 13.9 Å². The standard InChI is InChI=1S/C12H22N2O2S/c1-12(2,3)14-5-4-10(11(14)15)13-6-8-17(16)9-7-13/h10H,4-9H2,1-3H3. The van der Waals surface area contributed by atoms with Crippen molar-refractivity contribution in [1.82, 2.24) is 9.80 Å². The Kier molecular flexibility index (Phi) is 3.59. The van der Waals surface area contributed by atoms with E-state index in [4.69, 9.17) is 0 Å². The maximum absolute atomic E-state index is 12.3. The van der Waals surface area contributed by atoms with Gasteiger partial charge in [-0.15, -0.1) is 0 Å². The highest BCUT2D eigenvalue weighted by Crippen LogP contribution is 2.25. The number of carbonyl (C=O) groups excluding carboxylic acids is 1. The molecule has 0 saturated carbocycles. The van der Waals surface area contributed by atoms with Gasteiger partial charge in [-0.05, 0) is 27.2 Å². The van der Waals surface area contributed by atoms with E-state index in [-0.39, 0.29) is 17.5 Å². The zero-order chi connectivity index (χ0) is 12.6. The second-order valence-corrected chi connectivity index (χ2v) is 7.55. The van der Waals surface area contributed by atoms with Crippen LogP contribution in [0.5, 0.6) is 0 Å². The third-order valence-electron chi connectivity index (χ3n) is 3.64. The maximum atomic E-state index is 12.3. The van der Waals surface area contributed by atoms with E-state index in [9.17, 15) is 9.00 Å². The molecule has 2 fully saturated rings. The van der Waals surface area contributed by atoms with Crippen molar-refractivity contribution in [3.63, 3.8) is 0 Å². The molecular formula is C12H22N2O2S. The average molecular weight is 258 g/mol. The average Bonchev–Trinajstić information content (AvgIpc) is 2.61. The molecule has 0 radical (unpaired) electrons. The Morgan fingerprint density at radius 1 is 1.18 bits per heavy atom. The van der Waals surface area contributed by atoms with Gasteiger partial charge in [0.05, 0.1) is 6.04 Å². The fourth-order valence-electron chi connectivity index (χ4n) is 2.63. The molecule has 5 heteroatoms. The number of likely N-dealkylation sites (tertiary alicyclic amines) is 1. The largest absolute Gasteiger partial charge is 0.336 e. The van der Waals surface area contributed by atoms with Gasteiger partial charge < -0.3 is 4.90 Å². The summed E-state index contributed by atoms with van der Waals surface area (Å²) in [6.45, 7) is 8.71. The Morgan fingerprint density at radius 2 is 1.76 bits per heavy atom. The number of rotatable bonds is 1. The van der Waals surface area contributed by atoms with Gasteiger partial charge in [0.2, 0.25) is 5.91 Å². The summed E-state index contributed by atoms with van der Waals surface area (Å²) in [4.78, 5) is 16.5. The molecule has 1 atom stereocenters. The Balaban J connectivity index is 2.00. The van der Waals surface area contributed by atoms with Crippen molar-refractivity contribution in [2.75, 3.05) is 31.1 Å². The molecule has 0 spiro atoms. The normalized spacial score (nSPS) is 29.0. The highest BCUT2D eigenvalue weighted by molar-refractivity contribution is 7.85. The van der Waals surface area contributed by atoms with Gasteiger partial charge in [-0.25, -0.2) is 0 Å². The first kappa shape index (κ1) is 13.0. The van der Waals surface area contributed by atoms with Crippen LogP contribution in [0.15, 0.2) is 0 Å². The number of hydrogen-bond donors (Lipinski definition) is 0. The first-order valence-electron chi connectivity index (χ1n) is 6.30. The topological polar surface area (TPSA) is 40.6 Å². The van der Waals surface area contributed by atoms with Crippen molar-refractivity contribution in [1.29, 1.82) is 0 Å². The third kappa shape index (κ3) is 2.71. The van der Waals surface area contributed by atoms with Crippen LogP contribution < -0.4 is 0 Å². The van der Waals surface area contributed by atoms with Gasteiger partial charge in [0, 0.05) is 47.5 Å². The monoisotopic (exact) mass is 258 g/mol. The van der Waals surface area contributed by atoms with Crippen LogP contribution in [0.1, 0.15) is 27.2 Å². The Bertz CT molecular complexity index is 328. The van der Waals surface area contributed by atoms with Crippen molar-refractivity contribution in [3.8, 4) is 0 Å². The molecule has 0 bridgehead atoms. The van der Waals surface area contributed by atoms with E-state index in [1.165, 1.54) is 0 Å². The molecule has 0 aromatic heterocycles.